The number of benzene rings is 2. The number of amides is 1. The van der Waals surface area contributed by atoms with Crippen LogP contribution in [-0.2, 0) is 22.4 Å². The van der Waals surface area contributed by atoms with Crippen LogP contribution >= 0.6 is 0 Å². The fourth-order valence-electron chi connectivity index (χ4n) is 2.88. The van der Waals surface area contributed by atoms with Crippen LogP contribution in [0.1, 0.15) is 38.3 Å². The van der Waals surface area contributed by atoms with Gasteiger partial charge in [0.1, 0.15) is 5.75 Å². The Morgan fingerprint density at radius 2 is 1.58 bits per heavy atom. The molecule has 1 amide bonds. The Morgan fingerprint density at radius 3 is 2.31 bits per heavy atom. The first kappa shape index (κ1) is 17.7. The molecule has 2 N–H and O–H groups in total. The molecule has 0 aromatic heterocycles. The Bertz CT molecular complexity index is 842. The summed E-state index contributed by atoms with van der Waals surface area (Å²) >= 11 is 0. The third-order valence-corrected chi connectivity index (χ3v) is 4.23. The van der Waals surface area contributed by atoms with Crippen LogP contribution in [0, 0.1) is 0 Å². The van der Waals surface area contributed by atoms with Gasteiger partial charge in [0, 0.05) is 5.56 Å². The fourth-order valence-corrected chi connectivity index (χ4v) is 2.88. The third kappa shape index (κ3) is 4.27. The number of Topliss-reactive ketones (excluding diaryl/α,β-unsaturated/α-hetero) is 1. The van der Waals surface area contributed by atoms with E-state index >= 15 is 0 Å². The van der Waals surface area contributed by atoms with Crippen molar-refractivity contribution in [3.05, 3.63) is 64.7 Å². The summed E-state index contributed by atoms with van der Waals surface area (Å²) in [6, 6.07) is 11.7. The van der Waals surface area contributed by atoms with Gasteiger partial charge in [-0.25, -0.2) is 4.79 Å². The molecule has 134 valence electrons. The smallest absolute Gasteiger partial charge is 0.338 e. The van der Waals surface area contributed by atoms with Crippen molar-refractivity contribution < 1.29 is 23.9 Å². The lowest BCUT2D eigenvalue weighted by Gasteiger charge is -2.07. The molecule has 0 aliphatic heterocycles. The van der Waals surface area contributed by atoms with Crippen molar-refractivity contribution in [2.45, 2.75) is 19.3 Å². The molecule has 0 heterocycles. The molecule has 26 heavy (non-hydrogen) atoms. The average molecular weight is 353 g/mol. The van der Waals surface area contributed by atoms with Gasteiger partial charge in [0.25, 0.3) is 5.91 Å². The minimum Gasteiger partial charge on any atom is -0.484 e. The van der Waals surface area contributed by atoms with E-state index in [1.807, 2.05) is 12.1 Å². The molecule has 3 rings (SSSR count). The van der Waals surface area contributed by atoms with E-state index in [-0.39, 0.29) is 24.6 Å². The standard InChI is InChI=1S/C20H19NO5/c21-19(23)12-25-17-8-6-14(7-9-17)20(24)26-11-18(22)16-5-4-13-2-1-3-15(13)10-16/h4-10H,1-3,11-12H2,(H2,21,23). The summed E-state index contributed by atoms with van der Waals surface area (Å²) in [5.74, 6) is -0.997. The van der Waals surface area contributed by atoms with Crippen LogP contribution in [0.4, 0.5) is 0 Å². The van der Waals surface area contributed by atoms with Crippen LogP contribution in [-0.4, -0.2) is 30.9 Å². The van der Waals surface area contributed by atoms with Crippen LogP contribution in [0.15, 0.2) is 42.5 Å². The number of ketones is 1. The van der Waals surface area contributed by atoms with Crippen molar-refractivity contribution in [1.29, 1.82) is 0 Å². The van der Waals surface area contributed by atoms with Gasteiger partial charge in [0.05, 0.1) is 5.56 Å². The number of ether oxygens (including phenoxy) is 2. The SMILES string of the molecule is NC(=O)COc1ccc(C(=O)OCC(=O)c2ccc3c(c2)CCC3)cc1. The second-order valence-corrected chi connectivity index (χ2v) is 6.12. The summed E-state index contributed by atoms with van der Waals surface area (Å²) in [6.07, 6.45) is 3.15. The minimum atomic E-state index is -0.596. The number of primary amides is 1. The Morgan fingerprint density at radius 1 is 0.885 bits per heavy atom. The van der Waals surface area contributed by atoms with Crippen molar-refractivity contribution >= 4 is 17.7 Å². The van der Waals surface area contributed by atoms with E-state index in [0.29, 0.717) is 11.3 Å². The number of nitrogens with two attached hydrogens (primary N) is 1. The molecule has 0 bridgehead atoms. The van der Waals surface area contributed by atoms with Gasteiger partial charge in [-0.2, -0.15) is 0 Å². The number of hydrogen-bond donors (Lipinski definition) is 1. The highest BCUT2D eigenvalue weighted by Crippen LogP contribution is 2.23. The van der Waals surface area contributed by atoms with E-state index < -0.39 is 11.9 Å². The normalized spacial score (nSPS) is 12.3. The first-order valence-corrected chi connectivity index (χ1v) is 8.36. The maximum Gasteiger partial charge on any atom is 0.338 e. The van der Waals surface area contributed by atoms with Crippen LogP contribution in [0.2, 0.25) is 0 Å². The van der Waals surface area contributed by atoms with Gasteiger partial charge in [-0.3, -0.25) is 9.59 Å². The van der Waals surface area contributed by atoms with Gasteiger partial charge in [-0.1, -0.05) is 12.1 Å². The quantitative estimate of drug-likeness (QED) is 0.607. The molecule has 6 heteroatoms. The minimum absolute atomic E-state index is 0.227. The first-order chi connectivity index (χ1) is 12.5. The number of fused-ring (bicyclic) bond motifs is 1. The van der Waals surface area contributed by atoms with Gasteiger partial charge in [-0.15, -0.1) is 0 Å². The highest BCUT2D eigenvalue weighted by atomic mass is 16.5. The van der Waals surface area contributed by atoms with Gasteiger partial charge < -0.3 is 15.2 Å². The van der Waals surface area contributed by atoms with Gasteiger partial charge in [0.2, 0.25) is 0 Å². The van der Waals surface area contributed by atoms with Crippen LogP contribution in [0.5, 0.6) is 5.75 Å². The Kier molecular flexibility index (Phi) is 5.31. The summed E-state index contributed by atoms with van der Waals surface area (Å²) in [4.78, 5) is 35.0. The molecule has 2 aromatic carbocycles. The lowest BCUT2D eigenvalue weighted by molar-refractivity contribution is -0.119. The van der Waals surface area contributed by atoms with Crippen LogP contribution in [0.25, 0.3) is 0 Å². The van der Waals surface area contributed by atoms with E-state index in [1.165, 1.54) is 35.4 Å². The van der Waals surface area contributed by atoms with Gasteiger partial charge in [0.15, 0.2) is 19.0 Å². The number of carbonyl (C=O) groups excluding carboxylic acids is 3. The molecule has 0 fully saturated rings. The Labute approximate surface area is 150 Å². The molecule has 0 saturated heterocycles. The molecule has 1 aliphatic carbocycles. The second kappa shape index (κ2) is 7.82. The second-order valence-electron chi connectivity index (χ2n) is 6.12. The molecule has 2 aromatic rings. The summed E-state index contributed by atoms with van der Waals surface area (Å²) in [7, 11) is 0. The predicted octanol–water partition coefficient (Wildman–Crippen LogP) is 2.08. The number of rotatable bonds is 7. The number of esters is 1. The zero-order chi connectivity index (χ0) is 18.5. The van der Waals surface area contributed by atoms with Gasteiger partial charge in [-0.05, 0) is 60.7 Å². The first-order valence-electron chi connectivity index (χ1n) is 8.36. The van der Waals surface area contributed by atoms with E-state index in [9.17, 15) is 14.4 Å². The average Bonchev–Trinajstić information content (AvgIpc) is 3.12. The number of hydrogen-bond acceptors (Lipinski definition) is 5. The van der Waals surface area contributed by atoms with Crippen molar-refractivity contribution in [2.24, 2.45) is 5.73 Å². The number of carbonyl (C=O) groups is 3. The van der Waals surface area contributed by atoms with Crippen molar-refractivity contribution in [2.75, 3.05) is 13.2 Å². The Balaban J connectivity index is 1.54. The molecule has 1 aliphatic rings. The zero-order valence-electron chi connectivity index (χ0n) is 14.2. The number of aryl methyl sites for hydroxylation is 2. The zero-order valence-corrected chi connectivity index (χ0v) is 14.2. The predicted molar refractivity (Wildman–Crippen MR) is 94.2 cm³/mol. The van der Waals surface area contributed by atoms with Crippen LogP contribution in [0.3, 0.4) is 0 Å². The van der Waals surface area contributed by atoms with Gasteiger partial charge >= 0.3 is 5.97 Å². The molecular weight excluding hydrogens is 334 g/mol. The highest BCUT2D eigenvalue weighted by Gasteiger charge is 2.16. The monoisotopic (exact) mass is 353 g/mol. The summed E-state index contributed by atoms with van der Waals surface area (Å²) < 4.78 is 10.2. The van der Waals surface area contributed by atoms with Crippen molar-refractivity contribution in [3.63, 3.8) is 0 Å². The lowest BCUT2D eigenvalue weighted by Crippen LogP contribution is -2.20. The molecular formula is C20H19NO5. The largest absolute Gasteiger partial charge is 0.484 e. The topological polar surface area (TPSA) is 95.7 Å². The summed E-state index contributed by atoms with van der Waals surface area (Å²) in [5.41, 5.74) is 8.34. The maximum absolute atomic E-state index is 12.2. The maximum atomic E-state index is 12.2. The molecule has 6 nitrogen and oxygen atoms in total. The lowest BCUT2D eigenvalue weighted by atomic mass is 10.0. The molecule has 0 unspecified atom stereocenters. The molecule has 0 saturated carbocycles. The summed E-state index contributed by atoms with van der Waals surface area (Å²) in [5, 5.41) is 0. The fraction of sp³-hybridized carbons (Fsp3) is 0.250. The summed E-state index contributed by atoms with van der Waals surface area (Å²) in [6.45, 7) is -0.545. The Hall–Kier alpha value is -3.15. The molecule has 0 atom stereocenters. The van der Waals surface area contributed by atoms with Crippen molar-refractivity contribution in [3.8, 4) is 5.75 Å². The highest BCUT2D eigenvalue weighted by molar-refractivity contribution is 5.99. The van der Waals surface area contributed by atoms with E-state index in [0.717, 1.165) is 19.3 Å². The third-order valence-electron chi connectivity index (χ3n) is 4.23. The van der Waals surface area contributed by atoms with E-state index in [2.05, 4.69) is 0 Å². The van der Waals surface area contributed by atoms with E-state index in [1.54, 1.807) is 6.07 Å². The van der Waals surface area contributed by atoms with E-state index in [4.69, 9.17) is 15.2 Å². The molecule has 0 spiro atoms. The van der Waals surface area contributed by atoms with Crippen molar-refractivity contribution in [1.82, 2.24) is 0 Å². The molecule has 0 radical (unpaired) electrons. The van der Waals surface area contributed by atoms with Crippen LogP contribution < -0.4 is 10.5 Å².